The highest BCUT2D eigenvalue weighted by molar-refractivity contribution is 6.61. The van der Waals surface area contributed by atoms with E-state index in [4.69, 9.17) is 9.31 Å². The van der Waals surface area contributed by atoms with Crippen molar-refractivity contribution in [2.45, 2.75) is 72.1 Å². The Morgan fingerprint density at radius 1 is 1.24 bits per heavy atom. The Bertz CT molecular complexity index is 478. The van der Waals surface area contributed by atoms with Crippen molar-refractivity contribution in [1.82, 2.24) is 9.78 Å². The maximum Gasteiger partial charge on any atom is 0.498 e. The molecule has 1 fully saturated rings. The molecule has 1 aliphatic rings. The summed E-state index contributed by atoms with van der Waals surface area (Å²) < 4.78 is 14.1. The van der Waals surface area contributed by atoms with Crippen molar-refractivity contribution in [3.05, 3.63) is 19.3 Å². The Balaban J connectivity index is 2.08. The zero-order valence-electron chi connectivity index (χ0n) is 14.3. The SMILES string of the molecule is [CH2]CCC(C)(C)Cn1cc(B2OC(C)(C)C(C)(C)O2)cn1. The van der Waals surface area contributed by atoms with Crippen molar-refractivity contribution in [1.29, 1.82) is 0 Å². The Morgan fingerprint density at radius 3 is 2.33 bits per heavy atom. The summed E-state index contributed by atoms with van der Waals surface area (Å²) in [6.07, 6.45) is 5.91. The van der Waals surface area contributed by atoms with Gasteiger partial charge in [0.25, 0.3) is 0 Å². The second kappa shape index (κ2) is 5.43. The molecule has 1 aromatic rings. The van der Waals surface area contributed by atoms with Crippen LogP contribution >= 0.6 is 0 Å². The van der Waals surface area contributed by atoms with Crippen LogP contribution in [0, 0.1) is 12.3 Å². The highest BCUT2D eigenvalue weighted by atomic mass is 16.7. The van der Waals surface area contributed by atoms with E-state index < -0.39 is 0 Å². The number of aromatic nitrogens is 2. The number of nitrogens with zero attached hydrogens (tertiary/aromatic N) is 2. The smallest absolute Gasteiger partial charge is 0.399 e. The van der Waals surface area contributed by atoms with Crippen molar-refractivity contribution in [3.63, 3.8) is 0 Å². The predicted octanol–water partition coefficient (Wildman–Crippen LogP) is 2.82. The molecule has 0 aromatic carbocycles. The molecule has 117 valence electrons. The summed E-state index contributed by atoms with van der Waals surface area (Å²) in [5, 5.41) is 4.46. The van der Waals surface area contributed by atoms with E-state index in [1.165, 1.54) is 0 Å². The molecule has 0 aliphatic carbocycles. The number of hydrogen-bond donors (Lipinski definition) is 0. The lowest BCUT2D eigenvalue weighted by Gasteiger charge is -2.32. The highest BCUT2D eigenvalue weighted by Crippen LogP contribution is 2.36. The topological polar surface area (TPSA) is 36.3 Å². The fourth-order valence-electron chi connectivity index (χ4n) is 2.56. The molecular formula is C16H28BN2O2. The van der Waals surface area contributed by atoms with Crippen LogP contribution in [0.15, 0.2) is 12.4 Å². The van der Waals surface area contributed by atoms with Crippen LogP contribution in [0.2, 0.25) is 0 Å². The minimum absolute atomic E-state index is 0.195. The molecule has 21 heavy (non-hydrogen) atoms. The fraction of sp³-hybridized carbons (Fsp3) is 0.750. The van der Waals surface area contributed by atoms with Gasteiger partial charge in [0, 0.05) is 24.4 Å². The van der Waals surface area contributed by atoms with Gasteiger partial charge < -0.3 is 9.31 Å². The summed E-state index contributed by atoms with van der Waals surface area (Å²) in [5.41, 5.74) is 0.555. The molecule has 1 aromatic heterocycles. The summed E-state index contributed by atoms with van der Waals surface area (Å²) >= 11 is 0. The third kappa shape index (κ3) is 3.51. The lowest BCUT2D eigenvalue weighted by atomic mass is 9.82. The molecule has 0 saturated carbocycles. The lowest BCUT2D eigenvalue weighted by Crippen LogP contribution is -2.41. The van der Waals surface area contributed by atoms with E-state index in [-0.39, 0.29) is 23.7 Å². The maximum absolute atomic E-state index is 6.06. The summed E-state index contributed by atoms with van der Waals surface area (Å²) in [7, 11) is -0.334. The second-order valence-corrected chi connectivity index (χ2v) is 7.83. The van der Waals surface area contributed by atoms with Gasteiger partial charge in [0.05, 0.1) is 11.2 Å². The number of hydrogen-bond acceptors (Lipinski definition) is 3. The van der Waals surface area contributed by atoms with E-state index in [1.54, 1.807) is 0 Å². The van der Waals surface area contributed by atoms with Crippen molar-refractivity contribution in [3.8, 4) is 0 Å². The third-order valence-corrected chi connectivity index (χ3v) is 4.62. The van der Waals surface area contributed by atoms with Gasteiger partial charge in [-0.05, 0) is 39.5 Å². The van der Waals surface area contributed by atoms with E-state index >= 15 is 0 Å². The second-order valence-electron chi connectivity index (χ2n) is 7.83. The fourth-order valence-corrected chi connectivity index (χ4v) is 2.56. The van der Waals surface area contributed by atoms with Crippen LogP contribution in [0.25, 0.3) is 0 Å². The van der Waals surface area contributed by atoms with E-state index in [0.717, 1.165) is 24.8 Å². The van der Waals surface area contributed by atoms with E-state index in [9.17, 15) is 0 Å². The minimum atomic E-state index is -0.334. The average molecular weight is 291 g/mol. The molecule has 0 bridgehead atoms. The summed E-state index contributed by atoms with van der Waals surface area (Å²) in [4.78, 5) is 0. The quantitative estimate of drug-likeness (QED) is 0.783. The zero-order chi connectivity index (χ0) is 15.9. The zero-order valence-corrected chi connectivity index (χ0v) is 14.3. The van der Waals surface area contributed by atoms with Crippen molar-refractivity contribution < 1.29 is 9.31 Å². The van der Waals surface area contributed by atoms with Gasteiger partial charge in [-0.1, -0.05) is 27.2 Å². The maximum atomic E-state index is 6.06. The van der Waals surface area contributed by atoms with Gasteiger partial charge in [0.1, 0.15) is 0 Å². The Hall–Kier alpha value is -0.805. The van der Waals surface area contributed by atoms with Crippen molar-refractivity contribution >= 4 is 12.6 Å². The lowest BCUT2D eigenvalue weighted by molar-refractivity contribution is 0.00578. The molecule has 1 aliphatic heterocycles. The van der Waals surface area contributed by atoms with Crippen LogP contribution in [0.4, 0.5) is 0 Å². The molecule has 2 rings (SSSR count). The van der Waals surface area contributed by atoms with Crippen LogP contribution in [-0.4, -0.2) is 28.1 Å². The molecule has 0 atom stereocenters. The molecule has 0 N–H and O–H groups in total. The molecular weight excluding hydrogens is 263 g/mol. The summed E-state index contributed by atoms with van der Waals surface area (Å²) in [6, 6.07) is 0. The average Bonchev–Trinajstić information content (AvgIpc) is 2.81. The van der Waals surface area contributed by atoms with Crippen LogP contribution in [-0.2, 0) is 15.9 Å². The third-order valence-electron chi connectivity index (χ3n) is 4.62. The van der Waals surface area contributed by atoms with Gasteiger partial charge in [0.15, 0.2) is 0 Å². The monoisotopic (exact) mass is 291 g/mol. The van der Waals surface area contributed by atoms with Crippen LogP contribution in [0.3, 0.4) is 0 Å². The van der Waals surface area contributed by atoms with Gasteiger partial charge in [0.2, 0.25) is 0 Å². The highest BCUT2D eigenvalue weighted by Gasteiger charge is 2.52. The molecule has 1 radical (unpaired) electrons. The van der Waals surface area contributed by atoms with Gasteiger partial charge in [-0.2, -0.15) is 5.10 Å². The minimum Gasteiger partial charge on any atom is -0.399 e. The first-order valence-electron chi connectivity index (χ1n) is 7.74. The standard InChI is InChI=1S/C16H28BN2O2/c1-8-9-14(2,3)12-19-11-13(10-18-19)17-20-15(4,5)16(6,7)21-17/h10-11H,1,8-9,12H2,2-7H3. The first-order chi connectivity index (χ1) is 9.56. The summed E-state index contributed by atoms with van der Waals surface area (Å²) in [5.74, 6) is 0. The van der Waals surface area contributed by atoms with Gasteiger partial charge in [-0.15, -0.1) is 0 Å². The Kier molecular flexibility index (Phi) is 4.29. The van der Waals surface area contributed by atoms with Crippen molar-refractivity contribution in [2.24, 2.45) is 5.41 Å². The molecule has 2 heterocycles. The largest absolute Gasteiger partial charge is 0.498 e. The molecule has 1 saturated heterocycles. The van der Waals surface area contributed by atoms with Gasteiger partial charge in [-0.25, -0.2) is 0 Å². The molecule has 0 unspecified atom stereocenters. The van der Waals surface area contributed by atoms with Gasteiger partial charge in [-0.3, -0.25) is 4.68 Å². The molecule has 0 amide bonds. The first kappa shape index (κ1) is 16.6. The Labute approximate surface area is 129 Å². The molecule has 5 heteroatoms. The molecule has 4 nitrogen and oxygen atoms in total. The summed E-state index contributed by atoms with van der Waals surface area (Å²) in [6.45, 7) is 17.6. The van der Waals surface area contributed by atoms with Crippen LogP contribution in [0.1, 0.15) is 54.4 Å². The van der Waals surface area contributed by atoms with E-state index in [2.05, 4.69) is 53.6 Å². The molecule has 0 spiro atoms. The van der Waals surface area contributed by atoms with Crippen LogP contribution in [0.5, 0.6) is 0 Å². The van der Waals surface area contributed by atoms with Gasteiger partial charge >= 0.3 is 7.12 Å². The number of rotatable bonds is 5. The van der Waals surface area contributed by atoms with Crippen molar-refractivity contribution in [2.75, 3.05) is 0 Å². The van der Waals surface area contributed by atoms with E-state index in [0.29, 0.717) is 0 Å². The van der Waals surface area contributed by atoms with Crippen LogP contribution < -0.4 is 5.46 Å². The van der Waals surface area contributed by atoms with E-state index in [1.807, 2.05) is 17.1 Å². The Morgan fingerprint density at radius 2 is 1.81 bits per heavy atom. The normalized spacial score (nSPS) is 21.0. The predicted molar refractivity (Wildman–Crippen MR) is 86.3 cm³/mol. The first-order valence-corrected chi connectivity index (χ1v) is 7.74.